The van der Waals surface area contributed by atoms with Crippen molar-refractivity contribution in [2.75, 3.05) is 25.0 Å². The van der Waals surface area contributed by atoms with Crippen LogP contribution in [0.5, 0.6) is 0 Å². The lowest BCUT2D eigenvalue weighted by Crippen LogP contribution is -2.31. The van der Waals surface area contributed by atoms with Crippen molar-refractivity contribution in [3.05, 3.63) is 40.8 Å². The lowest BCUT2D eigenvalue weighted by Gasteiger charge is -2.18. The molecule has 2 aliphatic rings. The summed E-state index contributed by atoms with van der Waals surface area (Å²) in [4.78, 5) is 20.2. The summed E-state index contributed by atoms with van der Waals surface area (Å²) in [5, 5.41) is 10.8. The van der Waals surface area contributed by atoms with Gasteiger partial charge in [-0.05, 0) is 50.7 Å². The highest BCUT2D eigenvalue weighted by Crippen LogP contribution is 2.30. The van der Waals surface area contributed by atoms with Gasteiger partial charge in [0.1, 0.15) is 5.82 Å². The molecule has 0 spiro atoms. The molecule has 4 rings (SSSR count). The van der Waals surface area contributed by atoms with E-state index in [0.717, 1.165) is 56.5 Å². The summed E-state index contributed by atoms with van der Waals surface area (Å²) in [6.07, 6.45) is 8.37. The molecule has 0 bridgehead atoms. The SMILES string of the molecule is CC(C)NC(=O)c1cc2c(nc1NCC1CC1)CCN(Cc1cnn(C)c1)CC2. The van der Waals surface area contributed by atoms with Crippen LogP contribution in [0, 0.1) is 5.92 Å². The maximum Gasteiger partial charge on any atom is 0.255 e. The van der Waals surface area contributed by atoms with Crippen molar-refractivity contribution in [3.8, 4) is 0 Å². The van der Waals surface area contributed by atoms with Gasteiger partial charge in [0.15, 0.2) is 0 Å². The van der Waals surface area contributed by atoms with Gasteiger partial charge in [0.25, 0.3) is 5.91 Å². The van der Waals surface area contributed by atoms with E-state index in [0.29, 0.717) is 5.56 Å². The number of hydrogen-bond acceptors (Lipinski definition) is 5. The van der Waals surface area contributed by atoms with Crippen LogP contribution in [0.3, 0.4) is 0 Å². The molecule has 0 unspecified atom stereocenters. The molecule has 0 atom stereocenters. The molecule has 2 N–H and O–H groups in total. The van der Waals surface area contributed by atoms with Gasteiger partial charge in [0, 0.05) is 63.1 Å². The first-order chi connectivity index (χ1) is 14.0. The third-order valence-corrected chi connectivity index (χ3v) is 5.64. The Kier molecular flexibility index (Phi) is 5.85. The van der Waals surface area contributed by atoms with Crippen LogP contribution in [0.2, 0.25) is 0 Å². The van der Waals surface area contributed by atoms with Crippen molar-refractivity contribution < 1.29 is 4.79 Å². The molecule has 0 aromatic carbocycles. The summed E-state index contributed by atoms with van der Waals surface area (Å²) in [6.45, 7) is 7.71. The van der Waals surface area contributed by atoms with Gasteiger partial charge in [0.05, 0.1) is 11.8 Å². The normalized spacial score (nSPS) is 17.1. The Bertz CT molecular complexity index is 870. The largest absolute Gasteiger partial charge is 0.369 e. The molecule has 2 aromatic heterocycles. The number of nitrogens with one attached hydrogen (secondary N) is 2. The number of nitrogens with zero attached hydrogens (tertiary/aromatic N) is 4. The molecule has 1 saturated carbocycles. The van der Waals surface area contributed by atoms with Gasteiger partial charge in [-0.1, -0.05) is 0 Å². The molecule has 29 heavy (non-hydrogen) atoms. The van der Waals surface area contributed by atoms with Crippen LogP contribution < -0.4 is 10.6 Å². The van der Waals surface area contributed by atoms with Crippen LogP contribution >= 0.6 is 0 Å². The third kappa shape index (κ3) is 5.15. The van der Waals surface area contributed by atoms with Crippen LogP contribution in [-0.2, 0) is 26.4 Å². The molecule has 0 radical (unpaired) electrons. The summed E-state index contributed by atoms with van der Waals surface area (Å²) < 4.78 is 1.85. The average Bonchev–Trinajstić information content (AvgIpc) is 3.44. The minimum absolute atomic E-state index is 0.0370. The third-order valence-electron chi connectivity index (χ3n) is 5.64. The predicted octanol–water partition coefficient (Wildman–Crippen LogP) is 2.38. The fourth-order valence-corrected chi connectivity index (χ4v) is 3.86. The topological polar surface area (TPSA) is 75.1 Å². The molecular weight excluding hydrogens is 364 g/mol. The number of fused-ring (bicyclic) bond motifs is 1. The molecule has 7 nitrogen and oxygen atoms in total. The molecule has 1 aliphatic heterocycles. The highest BCUT2D eigenvalue weighted by molar-refractivity contribution is 5.99. The van der Waals surface area contributed by atoms with Crippen LogP contribution in [-0.4, -0.2) is 51.2 Å². The molecule has 1 amide bonds. The van der Waals surface area contributed by atoms with Crippen molar-refractivity contribution in [2.24, 2.45) is 13.0 Å². The predicted molar refractivity (Wildman–Crippen MR) is 114 cm³/mol. The lowest BCUT2D eigenvalue weighted by molar-refractivity contribution is 0.0943. The van der Waals surface area contributed by atoms with E-state index in [1.165, 1.54) is 24.0 Å². The van der Waals surface area contributed by atoms with E-state index >= 15 is 0 Å². The molecule has 7 heteroatoms. The second kappa shape index (κ2) is 8.53. The van der Waals surface area contributed by atoms with Crippen molar-refractivity contribution in [1.29, 1.82) is 0 Å². The number of amides is 1. The minimum atomic E-state index is -0.0370. The van der Waals surface area contributed by atoms with E-state index < -0.39 is 0 Å². The van der Waals surface area contributed by atoms with Gasteiger partial charge in [-0.25, -0.2) is 4.98 Å². The summed E-state index contributed by atoms with van der Waals surface area (Å²) in [7, 11) is 1.95. The quantitative estimate of drug-likeness (QED) is 0.752. The molecule has 0 saturated heterocycles. The molecule has 2 aromatic rings. The van der Waals surface area contributed by atoms with Gasteiger partial charge in [-0.3, -0.25) is 14.4 Å². The van der Waals surface area contributed by atoms with Crippen LogP contribution in [0.4, 0.5) is 5.82 Å². The smallest absolute Gasteiger partial charge is 0.255 e. The van der Waals surface area contributed by atoms with E-state index in [1.807, 2.05) is 31.8 Å². The van der Waals surface area contributed by atoms with Gasteiger partial charge in [0.2, 0.25) is 0 Å². The maximum absolute atomic E-state index is 12.8. The monoisotopic (exact) mass is 396 g/mol. The summed E-state index contributed by atoms with van der Waals surface area (Å²) in [5.41, 5.74) is 4.23. The number of anilines is 1. The van der Waals surface area contributed by atoms with E-state index in [-0.39, 0.29) is 11.9 Å². The van der Waals surface area contributed by atoms with Gasteiger partial charge >= 0.3 is 0 Å². The second-order valence-electron chi connectivity index (χ2n) is 8.74. The Morgan fingerprint density at radius 2 is 2.07 bits per heavy atom. The molecular formula is C22H32N6O. The number of carbonyl (C=O) groups excluding carboxylic acids is 1. The van der Waals surface area contributed by atoms with Gasteiger partial charge in [-0.15, -0.1) is 0 Å². The van der Waals surface area contributed by atoms with Crippen molar-refractivity contribution in [2.45, 2.75) is 52.1 Å². The van der Waals surface area contributed by atoms with Crippen molar-refractivity contribution in [3.63, 3.8) is 0 Å². The van der Waals surface area contributed by atoms with Gasteiger partial charge < -0.3 is 10.6 Å². The Morgan fingerprint density at radius 1 is 1.28 bits per heavy atom. The molecule has 1 aliphatic carbocycles. The summed E-state index contributed by atoms with van der Waals surface area (Å²) in [6, 6.07) is 2.18. The Morgan fingerprint density at radius 3 is 2.76 bits per heavy atom. The standard InChI is InChI=1S/C22H32N6O/c1-15(2)25-22(29)19-10-18-6-8-28(14-17-12-24-27(3)13-17)9-7-20(18)26-21(19)23-11-16-4-5-16/h10,12-13,15-16H,4-9,11,14H2,1-3H3,(H,23,26)(H,25,29). The van der Waals surface area contributed by atoms with Crippen LogP contribution in [0.1, 0.15) is 53.9 Å². The van der Waals surface area contributed by atoms with Crippen LogP contribution in [0.15, 0.2) is 18.5 Å². The number of pyridine rings is 1. The first-order valence-corrected chi connectivity index (χ1v) is 10.8. The Balaban J connectivity index is 1.52. The van der Waals surface area contributed by atoms with Gasteiger partial charge in [-0.2, -0.15) is 5.10 Å². The molecule has 1 fully saturated rings. The number of rotatable bonds is 7. The number of hydrogen-bond donors (Lipinski definition) is 2. The average molecular weight is 397 g/mol. The fourth-order valence-electron chi connectivity index (χ4n) is 3.86. The maximum atomic E-state index is 12.8. The van der Waals surface area contributed by atoms with E-state index in [1.54, 1.807) is 0 Å². The Hall–Kier alpha value is -2.41. The number of aromatic nitrogens is 3. The zero-order valence-corrected chi connectivity index (χ0v) is 17.7. The van der Waals surface area contributed by atoms with E-state index in [4.69, 9.17) is 4.98 Å². The zero-order chi connectivity index (χ0) is 20.4. The number of carbonyl (C=O) groups is 1. The number of aryl methyl sites for hydroxylation is 1. The van der Waals surface area contributed by atoms with Crippen LogP contribution in [0.25, 0.3) is 0 Å². The molecule has 156 valence electrons. The Labute approximate surface area is 172 Å². The summed E-state index contributed by atoms with van der Waals surface area (Å²) in [5.74, 6) is 1.44. The minimum Gasteiger partial charge on any atom is -0.369 e. The lowest BCUT2D eigenvalue weighted by atomic mass is 10.0. The van der Waals surface area contributed by atoms with Crippen molar-refractivity contribution >= 4 is 11.7 Å². The highest BCUT2D eigenvalue weighted by Gasteiger charge is 2.24. The second-order valence-corrected chi connectivity index (χ2v) is 8.74. The van der Waals surface area contributed by atoms with E-state index in [9.17, 15) is 4.79 Å². The van der Waals surface area contributed by atoms with Crippen molar-refractivity contribution in [1.82, 2.24) is 25.0 Å². The fraction of sp³-hybridized carbons (Fsp3) is 0.591. The zero-order valence-electron chi connectivity index (χ0n) is 17.7. The summed E-state index contributed by atoms with van der Waals surface area (Å²) >= 11 is 0. The first kappa shape index (κ1) is 19.9. The molecule has 3 heterocycles. The first-order valence-electron chi connectivity index (χ1n) is 10.8. The van der Waals surface area contributed by atoms with E-state index in [2.05, 4.69) is 32.9 Å². The highest BCUT2D eigenvalue weighted by atomic mass is 16.1.